The number of aromatic nitrogens is 2. The molecular formula is C12H23N3O2. The van der Waals surface area contributed by atoms with E-state index in [0.29, 0.717) is 19.3 Å². The van der Waals surface area contributed by atoms with Gasteiger partial charge in [0.1, 0.15) is 0 Å². The molecule has 0 aliphatic heterocycles. The van der Waals surface area contributed by atoms with Crippen molar-refractivity contribution in [1.82, 2.24) is 14.7 Å². The molecule has 1 heterocycles. The van der Waals surface area contributed by atoms with Gasteiger partial charge in [-0.1, -0.05) is 0 Å². The van der Waals surface area contributed by atoms with E-state index in [0.717, 1.165) is 18.8 Å². The lowest BCUT2D eigenvalue weighted by molar-refractivity contribution is 0.0770. The first kappa shape index (κ1) is 14.2. The van der Waals surface area contributed by atoms with E-state index in [1.54, 1.807) is 0 Å². The number of hydrogen-bond donors (Lipinski definition) is 1. The summed E-state index contributed by atoms with van der Waals surface area (Å²) in [5.41, 5.74) is 1.07. The van der Waals surface area contributed by atoms with E-state index < -0.39 is 0 Å². The maximum absolute atomic E-state index is 8.57. The fourth-order valence-corrected chi connectivity index (χ4v) is 1.49. The van der Waals surface area contributed by atoms with Crippen molar-refractivity contribution in [2.45, 2.75) is 26.4 Å². The third-order valence-electron chi connectivity index (χ3n) is 2.48. The van der Waals surface area contributed by atoms with Crippen LogP contribution in [-0.4, -0.2) is 53.2 Å². The Kier molecular flexibility index (Phi) is 6.18. The molecule has 0 saturated heterocycles. The molecule has 0 aromatic carbocycles. The van der Waals surface area contributed by atoms with Crippen LogP contribution in [0.15, 0.2) is 12.3 Å². The van der Waals surface area contributed by atoms with Crippen molar-refractivity contribution >= 4 is 0 Å². The van der Waals surface area contributed by atoms with Crippen molar-refractivity contribution in [2.24, 2.45) is 0 Å². The average Bonchev–Trinajstić information content (AvgIpc) is 2.73. The second-order valence-electron chi connectivity index (χ2n) is 4.45. The summed E-state index contributed by atoms with van der Waals surface area (Å²) in [5, 5.41) is 13.1. The molecule has 0 aliphatic rings. The Balaban J connectivity index is 2.27. The molecule has 0 amide bonds. The van der Waals surface area contributed by atoms with Gasteiger partial charge in [-0.15, -0.1) is 0 Å². The van der Waals surface area contributed by atoms with Crippen LogP contribution in [0.3, 0.4) is 0 Å². The Hall–Kier alpha value is -0.910. The van der Waals surface area contributed by atoms with E-state index in [9.17, 15) is 0 Å². The minimum atomic E-state index is 0.0858. The van der Waals surface area contributed by atoms with Gasteiger partial charge in [0.25, 0.3) is 0 Å². The van der Waals surface area contributed by atoms with Crippen molar-refractivity contribution in [1.29, 1.82) is 0 Å². The van der Waals surface area contributed by atoms with E-state index in [4.69, 9.17) is 9.84 Å². The van der Waals surface area contributed by atoms with Crippen LogP contribution in [0.1, 0.15) is 25.6 Å². The standard InChI is InChI=1S/C12H23N3O2/c1-11(2)15-5-4-12(13-15)10-14(3)6-8-17-9-7-16/h4-5,11,16H,6-10H2,1-3H3. The normalized spacial score (nSPS) is 11.6. The van der Waals surface area contributed by atoms with Gasteiger partial charge in [-0.2, -0.15) is 5.10 Å². The molecule has 0 fully saturated rings. The third kappa shape index (κ3) is 5.30. The van der Waals surface area contributed by atoms with Crippen LogP contribution in [0.5, 0.6) is 0 Å². The van der Waals surface area contributed by atoms with Gasteiger partial charge in [0.2, 0.25) is 0 Å². The molecule has 98 valence electrons. The zero-order valence-corrected chi connectivity index (χ0v) is 11.0. The predicted octanol–water partition coefficient (Wildman–Crippen LogP) is 0.905. The van der Waals surface area contributed by atoms with Gasteiger partial charge in [0.05, 0.1) is 25.5 Å². The van der Waals surface area contributed by atoms with Crippen LogP contribution in [0.2, 0.25) is 0 Å². The zero-order valence-electron chi connectivity index (χ0n) is 11.0. The smallest absolute Gasteiger partial charge is 0.0764 e. The molecular weight excluding hydrogens is 218 g/mol. The van der Waals surface area contributed by atoms with E-state index >= 15 is 0 Å². The highest BCUT2D eigenvalue weighted by molar-refractivity contribution is 4.99. The topological polar surface area (TPSA) is 50.5 Å². The Morgan fingerprint density at radius 2 is 2.24 bits per heavy atom. The van der Waals surface area contributed by atoms with Crippen molar-refractivity contribution in [3.8, 4) is 0 Å². The molecule has 0 atom stereocenters. The number of aliphatic hydroxyl groups is 1. The molecule has 0 saturated carbocycles. The van der Waals surface area contributed by atoms with Gasteiger partial charge >= 0.3 is 0 Å². The summed E-state index contributed by atoms with van der Waals surface area (Å²) in [6.45, 7) is 7.03. The Morgan fingerprint density at radius 1 is 1.47 bits per heavy atom. The molecule has 5 heteroatoms. The number of likely N-dealkylation sites (N-methyl/N-ethyl adjacent to an activating group) is 1. The lowest BCUT2D eigenvalue weighted by atomic mass is 10.4. The molecule has 0 unspecified atom stereocenters. The van der Waals surface area contributed by atoms with Crippen LogP contribution < -0.4 is 0 Å². The second kappa shape index (κ2) is 7.42. The SMILES string of the molecule is CC(C)n1ccc(CN(C)CCOCCO)n1. The quantitative estimate of drug-likeness (QED) is 0.687. The Labute approximate surface area is 103 Å². The molecule has 1 aromatic rings. The highest BCUT2D eigenvalue weighted by Gasteiger charge is 2.05. The third-order valence-corrected chi connectivity index (χ3v) is 2.48. The first-order valence-corrected chi connectivity index (χ1v) is 6.04. The van der Waals surface area contributed by atoms with Crippen molar-refractivity contribution in [3.05, 3.63) is 18.0 Å². The largest absolute Gasteiger partial charge is 0.394 e. The number of rotatable bonds is 8. The maximum Gasteiger partial charge on any atom is 0.0764 e. The molecule has 5 nitrogen and oxygen atoms in total. The van der Waals surface area contributed by atoms with Crippen LogP contribution in [-0.2, 0) is 11.3 Å². The summed E-state index contributed by atoms with van der Waals surface area (Å²) in [6.07, 6.45) is 2.01. The monoisotopic (exact) mass is 241 g/mol. The highest BCUT2D eigenvalue weighted by Crippen LogP contribution is 2.05. The minimum absolute atomic E-state index is 0.0858. The molecule has 0 aliphatic carbocycles. The fraction of sp³-hybridized carbons (Fsp3) is 0.750. The minimum Gasteiger partial charge on any atom is -0.394 e. The van der Waals surface area contributed by atoms with Gasteiger partial charge in [-0.25, -0.2) is 0 Å². The summed E-state index contributed by atoms with van der Waals surface area (Å²) in [6, 6.07) is 2.45. The van der Waals surface area contributed by atoms with Crippen molar-refractivity contribution < 1.29 is 9.84 Å². The van der Waals surface area contributed by atoms with Crippen LogP contribution >= 0.6 is 0 Å². The first-order chi connectivity index (χ1) is 8.13. The summed E-state index contributed by atoms with van der Waals surface area (Å²) >= 11 is 0. The maximum atomic E-state index is 8.57. The number of nitrogens with zero attached hydrogens (tertiary/aromatic N) is 3. The van der Waals surface area contributed by atoms with Crippen LogP contribution in [0, 0.1) is 0 Å². The molecule has 1 aromatic heterocycles. The molecule has 0 spiro atoms. The summed E-state index contributed by atoms with van der Waals surface area (Å²) in [7, 11) is 2.04. The Morgan fingerprint density at radius 3 is 2.82 bits per heavy atom. The molecule has 0 radical (unpaired) electrons. The summed E-state index contributed by atoms with van der Waals surface area (Å²) < 4.78 is 7.18. The molecule has 1 rings (SSSR count). The van der Waals surface area contributed by atoms with Gasteiger partial charge in [-0.3, -0.25) is 9.58 Å². The number of hydrogen-bond acceptors (Lipinski definition) is 4. The fourth-order valence-electron chi connectivity index (χ4n) is 1.49. The van der Waals surface area contributed by atoms with E-state index in [1.165, 1.54) is 0 Å². The van der Waals surface area contributed by atoms with Gasteiger partial charge in [0.15, 0.2) is 0 Å². The predicted molar refractivity (Wildman–Crippen MR) is 66.9 cm³/mol. The second-order valence-corrected chi connectivity index (χ2v) is 4.45. The van der Waals surface area contributed by atoms with Crippen LogP contribution in [0.4, 0.5) is 0 Å². The number of ether oxygens (including phenoxy) is 1. The van der Waals surface area contributed by atoms with Crippen molar-refractivity contribution in [2.75, 3.05) is 33.4 Å². The number of aliphatic hydroxyl groups excluding tert-OH is 1. The Bertz CT molecular complexity index is 312. The lowest BCUT2D eigenvalue weighted by Crippen LogP contribution is -2.23. The van der Waals surface area contributed by atoms with Gasteiger partial charge in [0, 0.05) is 25.3 Å². The van der Waals surface area contributed by atoms with E-state index in [2.05, 4.69) is 23.8 Å². The summed E-state index contributed by atoms with van der Waals surface area (Å²) in [4.78, 5) is 2.16. The molecule has 1 N–H and O–H groups in total. The van der Waals surface area contributed by atoms with E-state index in [1.807, 2.05) is 24.0 Å². The highest BCUT2D eigenvalue weighted by atomic mass is 16.5. The molecule has 0 bridgehead atoms. The zero-order chi connectivity index (χ0) is 12.7. The average molecular weight is 241 g/mol. The van der Waals surface area contributed by atoms with Gasteiger partial charge < -0.3 is 9.84 Å². The molecule has 17 heavy (non-hydrogen) atoms. The van der Waals surface area contributed by atoms with Crippen LogP contribution in [0.25, 0.3) is 0 Å². The van der Waals surface area contributed by atoms with Crippen molar-refractivity contribution in [3.63, 3.8) is 0 Å². The van der Waals surface area contributed by atoms with E-state index in [-0.39, 0.29) is 6.61 Å². The summed E-state index contributed by atoms with van der Waals surface area (Å²) in [5.74, 6) is 0. The lowest BCUT2D eigenvalue weighted by Gasteiger charge is -2.15. The van der Waals surface area contributed by atoms with Gasteiger partial charge in [-0.05, 0) is 27.0 Å². The first-order valence-electron chi connectivity index (χ1n) is 6.04.